The molecule has 1 atom stereocenters. The van der Waals surface area contributed by atoms with Crippen molar-refractivity contribution in [3.63, 3.8) is 0 Å². The van der Waals surface area contributed by atoms with E-state index in [4.69, 9.17) is 14.9 Å². The molecule has 0 radical (unpaired) electrons. The Balaban J connectivity index is 1.47. The summed E-state index contributed by atoms with van der Waals surface area (Å²) in [4.78, 5) is 28.3. The summed E-state index contributed by atoms with van der Waals surface area (Å²) in [5.41, 5.74) is 4.48. The minimum atomic E-state index is -0.610. The Morgan fingerprint density at radius 2 is 1.68 bits per heavy atom. The molecule has 7 nitrogen and oxygen atoms in total. The van der Waals surface area contributed by atoms with Crippen LogP contribution in [0.4, 0.5) is 11.4 Å². The molecule has 0 bridgehead atoms. The van der Waals surface area contributed by atoms with E-state index in [1.54, 1.807) is 49.5 Å². The van der Waals surface area contributed by atoms with E-state index in [9.17, 15) is 9.59 Å². The summed E-state index contributed by atoms with van der Waals surface area (Å²) < 4.78 is 10.9. The highest BCUT2D eigenvalue weighted by molar-refractivity contribution is 6.35. The average molecular weight is 496 g/mol. The Bertz CT molecular complexity index is 1350. The van der Waals surface area contributed by atoms with Crippen LogP contribution in [0.15, 0.2) is 84.1 Å². The van der Waals surface area contributed by atoms with Crippen LogP contribution in [0.5, 0.6) is 11.5 Å². The number of methoxy groups -OCH3 is 2. The van der Waals surface area contributed by atoms with Crippen LogP contribution in [0, 0.1) is 5.41 Å². The van der Waals surface area contributed by atoms with Crippen molar-refractivity contribution in [3.05, 3.63) is 95.2 Å². The molecule has 2 heterocycles. The highest BCUT2D eigenvalue weighted by atomic mass is 16.5. The first-order valence-electron chi connectivity index (χ1n) is 12.3. The molecule has 0 amide bonds. The van der Waals surface area contributed by atoms with Gasteiger partial charge >= 0.3 is 0 Å². The Morgan fingerprint density at radius 3 is 2.35 bits per heavy atom. The molecule has 3 aromatic carbocycles. The molecule has 0 saturated carbocycles. The van der Waals surface area contributed by atoms with Gasteiger partial charge in [-0.2, -0.15) is 0 Å². The zero-order valence-corrected chi connectivity index (χ0v) is 20.9. The second-order valence-electron chi connectivity index (χ2n) is 9.16. The van der Waals surface area contributed by atoms with Crippen molar-refractivity contribution in [1.29, 1.82) is 5.41 Å². The minimum Gasteiger partial charge on any atom is -0.497 e. The number of benzene rings is 3. The van der Waals surface area contributed by atoms with E-state index < -0.39 is 6.04 Å². The Hall–Kier alpha value is -4.39. The Labute approximate surface area is 216 Å². The van der Waals surface area contributed by atoms with Crippen LogP contribution in [0.2, 0.25) is 0 Å². The van der Waals surface area contributed by atoms with Crippen LogP contribution in [-0.4, -0.2) is 37.7 Å². The normalized spacial score (nSPS) is 18.5. The van der Waals surface area contributed by atoms with Crippen LogP contribution in [0.25, 0.3) is 0 Å². The standard InChI is InChI=1S/C30H29N3O4/c1-36-22-16-21(17-23(18-22)37-2)33-26(13-8-14-27(34)19-9-4-3-5-10-19)29(35)28(30(33)31)25-15-20-11-6-7-12-24(20)32-25/h3-7,9-12,16-18,26,31-32H,8,13-15H2,1-2H3. The average Bonchev–Trinajstić information content (AvgIpc) is 3.46. The van der Waals surface area contributed by atoms with Crippen LogP contribution >= 0.6 is 0 Å². The van der Waals surface area contributed by atoms with Crippen molar-refractivity contribution in [2.24, 2.45) is 0 Å². The van der Waals surface area contributed by atoms with Gasteiger partial charge in [-0.05, 0) is 24.5 Å². The first-order chi connectivity index (χ1) is 18.0. The molecule has 37 heavy (non-hydrogen) atoms. The van der Waals surface area contributed by atoms with Crippen LogP contribution in [0.1, 0.15) is 35.2 Å². The number of amidine groups is 1. The van der Waals surface area contributed by atoms with Crippen molar-refractivity contribution in [3.8, 4) is 11.5 Å². The summed E-state index contributed by atoms with van der Waals surface area (Å²) in [6.07, 6.45) is 1.84. The number of ether oxygens (including phenoxy) is 2. The molecule has 2 N–H and O–H groups in total. The number of allylic oxidation sites excluding steroid dienone is 1. The molecule has 2 aliphatic rings. The van der Waals surface area contributed by atoms with Gasteiger partial charge in [0.25, 0.3) is 0 Å². The first kappa shape index (κ1) is 24.3. The number of para-hydroxylation sites is 1. The summed E-state index contributed by atoms with van der Waals surface area (Å²) in [6.45, 7) is 0. The lowest BCUT2D eigenvalue weighted by atomic mass is 9.99. The van der Waals surface area contributed by atoms with Crippen LogP contribution in [-0.2, 0) is 11.2 Å². The van der Waals surface area contributed by atoms with Gasteiger partial charge in [0.05, 0.1) is 31.5 Å². The smallest absolute Gasteiger partial charge is 0.191 e. The lowest BCUT2D eigenvalue weighted by Crippen LogP contribution is -2.35. The molecule has 2 aliphatic heterocycles. The molecule has 5 rings (SSSR count). The van der Waals surface area contributed by atoms with Gasteiger partial charge in [-0.15, -0.1) is 0 Å². The summed E-state index contributed by atoms with van der Waals surface area (Å²) in [5, 5.41) is 12.5. The molecule has 188 valence electrons. The maximum absolute atomic E-state index is 13.9. The lowest BCUT2D eigenvalue weighted by molar-refractivity contribution is -0.115. The highest BCUT2D eigenvalue weighted by Gasteiger charge is 2.43. The van der Waals surface area contributed by atoms with Crippen LogP contribution < -0.4 is 19.7 Å². The monoisotopic (exact) mass is 495 g/mol. The van der Waals surface area contributed by atoms with Crippen molar-refractivity contribution >= 4 is 28.8 Å². The van der Waals surface area contributed by atoms with Crippen molar-refractivity contribution in [2.75, 3.05) is 24.4 Å². The summed E-state index contributed by atoms with van der Waals surface area (Å²) in [5.74, 6) is 1.20. The fraction of sp³-hybridized carbons (Fsp3) is 0.233. The van der Waals surface area contributed by atoms with Gasteiger partial charge in [-0.1, -0.05) is 48.5 Å². The molecule has 1 saturated heterocycles. The van der Waals surface area contributed by atoms with Gasteiger partial charge < -0.3 is 19.7 Å². The van der Waals surface area contributed by atoms with Gasteiger partial charge in [0.15, 0.2) is 11.6 Å². The molecular formula is C30H29N3O4. The summed E-state index contributed by atoms with van der Waals surface area (Å²) in [6, 6.07) is 21.8. The number of anilines is 2. The third-order valence-corrected chi connectivity index (χ3v) is 6.90. The molecule has 3 aromatic rings. The van der Waals surface area contributed by atoms with Gasteiger partial charge in [0.1, 0.15) is 17.3 Å². The van der Waals surface area contributed by atoms with Crippen molar-refractivity contribution in [1.82, 2.24) is 0 Å². The fourth-order valence-electron chi connectivity index (χ4n) is 5.04. The topological polar surface area (TPSA) is 91.7 Å². The second kappa shape index (κ2) is 10.3. The number of carbonyl (C=O) groups excluding carboxylic acids is 2. The molecule has 1 unspecified atom stereocenters. The number of fused-ring (bicyclic) bond motifs is 1. The highest BCUT2D eigenvalue weighted by Crippen LogP contribution is 2.39. The number of carbonyl (C=O) groups is 2. The largest absolute Gasteiger partial charge is 0.497 e. The maximum Gasteiger partial charge on any atom is 0.191 e. The van der Waals surface area contributed by atoms with E-state index in [2.05, 4.69) is 5.32 Å². The third-order valence-electron chi connectivity index (χ3n) is 6.90. The number of hydrogen-bond acceptors (Lipinski definition) is 6. The van der Waals surface area contributed by atoms with Gasteiger partial charge in [0.2, 0.25) is 0 Å². The van der Waals surface area contributed by atoms with Gasteiger partial charge in [-0.25, -0.2) is 0 Å². The van der Waals surface area contributed by atoms with E-state index in [-0.39, 0.29) is 17.4 Å². The Kier molecular flexibility index (Phi) is 6.77. The van der Waals surface area contributed by atoms with E-state index in [0.717, 1.165) is 16.9 Å². The predicted molar refractivity (Wildman–Crippen MR) is 144 cm³/mol. The minimum absolute atomic E-state index is 0.0437. The molecule has 1 fully saturated rings. The zero-order chi connectivity index (χ0) is 25.9. The van der Waals surface area contributed by atoms with Crippen molar-refractivity contribution < 1.29 is 19.1 Å². The molecule has 0 aliphatic carbocycles. The first-order valence-corrected chi connectivity index (χ1v) is 12.3. The Morgan fingerprint density at radius 1 is 1.00 bits per heavy atom. The molecule has 7 heteroatoms. The predicted octanol–water partition coefficient (Wildman–Crippen LogP) is 5.41. The maximum atomic E-state index is 13.9. The number of nitrogens with zero attached hydrogens (tertiary/aromatic N) is 1. The fourth-order valence-corrected chi connectivity index (χ4v) is 5.04. The quantitative estimate of drug-likeness (QED) is 0.321. The van der Waals surface area contributed by atoms with E-state index in [1.165, 1.54) is 0 Å². The number of rotatable bonds is 8. The molecule has 0 spiro atoms. The summed E-state index contributed by atoms with van der Waals surface area (Å²) >= 11 is 0. The van der Waals surface area contributed by atoms with E-state index in [1.807, 2.05) is 42.5 Å². The van der Waals surface area contributed by atoms with Crippen molar-refractivity contribution in [2.45, 2.75) is 31.7 Å². The zero-order valence-electron chi connectivity index (χ0n) is 20.9. The molecular weight excluding hydrogens is 466 g/mol. The molecule has 0 aromatic heterocycles. The number of Topliss-reactive ketones (excluding diaryl/α,β-unsaturated/α-hetero) is 2. The van der Waals surface area contributed by atoms with E-state index in [0.29, 0.717) is 54.0 Å². The van der Waals surface area contributed by atoms with Gasteiger partial charge in [-0.3, -0.25) is 15.0 Å². The SMILES string of the molecule is COc1cc(OC)cc(N2C(=N)C(=C3Cc4ccccc4N3)C(=O)C2CCCC(=O)c2ccccc2)c1. The van der Waals surface area contributed by atoms with Crippen LogP contribution in [0.3, 0.4) is 0 Å². The number of hydrogen-bond donors (Lipinski definition) is 2. The summed E-state index contributed by atoms with van der Waals surface area (Å²) in [7, 11) is 3.14. The second-order valence-corrected chi connectivity index (χ2v) is 9.16. The number of nitrogens with one attached hydrogen (secondary N) is 2. The van der Waals surface area contributed by atoms with E-state index >= 15 is 0 Å². The number of ketones is 2. The third kappa shape index (κ3) is 4.72. The lowest BCUT2D eigenvalue weighted by Gasteiger charge is -2.25. The van der Waals surface area contributed by atoms with Gasteiger partial charge in [0, 0.05) is 48.0 Å².